The van der Waals surface area contributed by atoms with Crippen LogP contribution in [0.5, 0.6) is 5.75 Å². The predicted octanol–water partition coefficient (Wildman–Crippen LogP) is 2.32. The molecule has 0 aliphatic carbocycles. The van der Waals surface area contributed by atoms with Gasteiger partial charge >= 0.3 is 0 Å². The second kappa shape index (κ2) is 5.18. The van der Waals surface area contributed by atoms with Crippen LogP contribution in [0.3, 0.4) is 0 Å². The summed E-state index contributed by atoms with van der Waals surface area (Å²) in [6.45, 7) is 2.35. The first-order valence-corrected chi connectivity index (χ1v) is 6.70. The Hall–Kier alpha value is -1.40. The van der Waals surface area contributed by atoms with Crippen LogP contribution in [0.15, 0.2) is 12.1 Å². The SMILES string of the molecule is COc1ccc(N2CCC3(CC2)OCCO3)c(F)c1F. The Balaban J connectivity index is 1.76. The number of nitrogens with zero attached hydrogens (tertiary/aromatic N) is 1. The van der Waals surface area contributed by atoms with E-state index in [0.29, 0.717) is 39.1 Å². The summed E-state index contributed by atoms with van der Waals surface area (Å²) in [6, 6.07) is 2.99. The second-order valence-corrected chi connectivity index (χ2v) is 5.01. The minimum Gasteiger partial charge on any atom is -0.494 e. The molecule has 1 aromatic rings. The molecule has 2 saturated heterocycles. The van der Waals surface area contributed by atoms with Crippen molar-refractivity contribution in [2.75, 3.05) is 38.3 Å². The van der Waals surface area contributed by atoms with Gasteiger partial charge in [0.15, 0.2) is 17.4 Å². The summed E-state index contributed by atoms with van der Waals surface area (Å²) in [5, 5.41) is 0. The first-order chi connectivity index (χ1) is 9.65. The molecule has 0 aromatic heterocycles. The van der Waals surface area contributed by atoms with Gasteiger partial charge in [-0.1, -0.05) is 0 Å². The molecule has 4 nitrogen and oxygen atoms in total. The molecule has 110 valence electrons. The van der Waals surface area contributed by atoms with Crippen molar-refractivity contribution in [3.63, 3.8) is 0 Å². The fraction of sp³-hybridized carbons (Fsp3) is 0.571. The van der Waals surface area contributed by atoms with Crippen molar-refractivity contribution in [3.05, 3.63) is 23.8 Å². The number of anilines is 1. The van der Waals surface area contributed by atoms with E-state index in [0.717, 1.165) is 0 Å². The second-order valence-electron chi connectivity index (χ2n) is 5.01. The Morgan fingerprint density at radius 2 is 1.75 bits per heavy atom. The number of halogens is 2. The maximum absolute atomic E-state index is 14.0. The van der Waals surface area contributed by atoms with Gasteiger partial charge in [-0.25, -0.2) is 4.39 Å². The van der Waals surface area contributed by atoms with Crippen molar-refractivity contribution in [1.29, 1.82) is 0 Å². The molecule has 0 saturated carbocycles. The van der Waals surface area contributed by atoms with Gasteiger partial charge in [-0.15, -0.1) is 0 Å². The monoisotopic (exact) mass is 285 g/mol. The number of hydrogen-bond acceptors (Lipinski definition) is 4. The minimum atomic E-state index is -0.946. The molecule has 20 heavy (non-hydrogen) atoms. The van der Waals surface area contributed by atoms with Gasteiger partial charge in [0.25, 0.3) is 0 Å². The molecule has 3 rings (SSSR count). The number of methoxy groups -OCH3 is 1. The van der Waals surface area contributed by atoms with E-state index in [9.17, 15) is 8.78 Å². The molecule has 2 aliphatic heterocycles. The zero-order valence-corrected chi connectivity index (χ0v) is 11.3. The molecule has 0 atom stereocenters. The van der Waals surface area contributed by atoms with Gasteiger partial charge in [-0.2, -0.15) is 4.39 Å². The van der Waals surface area contributed by atoms with Crippen LogP contribution < -0.4 is 9.64 Å². The van der Waals surface area contributed by atoms with E-state index in [4.69, 9.17) is 14.2 Å². The lowest BCUT2D eigenvalue weighted by molar-refractivity contribution is -0.169. The average molecular weight is 285 g/mol. The topological polar surface area (TPSA) is 30.9 Å². The van der Waals surface area contributed by atoms with Crippen molar-refractivity contribution >= 4 is 5.69 Å². The maximum atomic E-state index is 14.0. The summed E-state index contributed by atoms with van der Waals surface area (Å²) in [5.41, 5.74) is 0.260. The van der Waals surface area contributed by atoms with E-state index in [-0.39, 0.29) is 11.4 Å². The fourth-order valence-electron chi connectivity index (χ4n) is 2.80. The third kappa shape index (κ3) is 2.23. The smallest absolute Gasteiger partial charge is 0.202 e. The van der Waals surface area contributed by atoms with Gasteiger partial charge in [0.2, 0.25) is 5.82 Å². The Bertz CT molecular complexity index is 493. The van der Waals surface area contributed by atoms with E-state index in [1.807, 2.05) is 4.90 Å². The highest BCUT2D eigenvalue weighted by Gasteiger charge is 2.40. The molecule has 0 bridgehead atoms. The number of hydrogen-bond donors (Lipinski definition) is 0. The van der Waals surface area contributed by atoms with E-state index < -0.39 is 17.4 Å². The summed E-state index contributed by atoms with van der Waals surface area (Å²) in [4.78, 5) is 1.81. The lowest BCUT2D eigenvalue weighted by Gasteiger charge is -2.38. The van der Waals surface area contributed by atoms with E-state index in [1.54, 1.807) is 6.07 Å². The number of rotatable bonds is 2. The summed E-state index contributed by atoms with van der Waals surface area (Å²) >= 11 is 0. The van der Waals surface area contributed by atoms with Gasteiger partial charge in [-0.3, -0.25) is 0 Å². The quantitative estimate of drug-likeness (QED) is 0.834. The molecule has 0 amide bonds. The van der Waals surface area contributed by atoms with Crippen LogP contribution in [0.1, 0.15) is 12.8 Å². The van der Waals surface area contributed by atoms with Crippen molar-refractivity contribution in [3.8, 4) is 5.75 Å². The predicted molar refractivity (Wildman–Crippen MR) is 69.0 cm³/mol. The number of benzene rings is 1. The van der Waals surface area contributed by atoms with Crippen LogP contribution in [-0.4, -0.2) is 39.2 Å². The van der Waals surface area contributed by atoms with Crippen LogP contribution in [0, 0.1) is 11.6 Å². The zero-order chi connectivity index (χ0) is 14.2. The lowest BCUT2D eigenvalue weighted by Crippen LogP contribution is -2.45. The van der Waals surface area contributed by atoms with Crippen molar-refractivity contribution < 1.29 is 23.0 Å². The van der Waals surface area contributed by atoms with Gasteiger partial charge in [0, 0.05) is 25.9 Å². The van der Waals surface area contributed by atoms with Crippen LogP contribution in [-0.2, 0) is 9.47 Å². The third-order valence-electron chi connectivity index (χ3n) is 3.93. The van der Waals surface area contributed by atoms with Crippen molar-refractivity contribution in [2.24, 2.45) is 0 Å². The third-order valence-corrected chi connectivity index (χ3v) is 3.93. The van der Waals surface area contributed by atoms with E-state index in [1.165, 1.54) is 13.2 Å². The highest BCUT2D eigenvalue weighted by atomic mass is 19.2. The molecule has 2 heterocycles. The lowest BCUT2D eigenvalue weighted by atomic mass is 10.0. The van der Waals surface area contributed by atoms with Crippen LogP contribution in [0.25, 0.3) is 0 Å². The first-order valence-electron chi connectivity index (χ1n) is 6.70. The van der Waals surface area contributed by atoms with E-state index in [2.05, 4.69) is 0 Å². The average Bonchev–Trinajstić information content (AvgIpc) is 2.92. The van der Waals surface area contributed by atoms with Gasteiger partial charge in [0.05, 0.1) is 26.0 Å². The molecule has 0 radical (unpaired) electrons. The fourth-order valence-corrected chi connectivity index (χ4v) is 2.80. The number of ether oxygens (including phenoxy) is 3. The Morgan fingerprint density at radius 3 is 2.35 bits per heavy atom. The maximum Gasteiger partial charge on any atom is 0.202 e. The first kappa shape index (κ1) is 13.6. The Kier molecular flexibility index (Phi) is 3.52. The molecular weight excluding hydrogens is 268 g/mol. The summed E-state index contributed by atoms with van der Waals surface area (Å²) in [7, 11) is 1.32. The summed E-state index contributed by atoms with van der Waals surface area (Å²) in [6.07, 6.45) is 1.31. The summed E-state index contributed by atoms with van der Waals surface area (Å²) < 4.78 is 43.8. The molecular formula is C14H17F2NO3. The van der Waals surface area contributed by atoms with Gasteiger partial charge < -0.3 is 19.1 Å². The van der Waals surface area contributed by atoms with Crippen LogP contribution >= 0.6 is 0 Å². The highest BCUT2D eigenvalue weighted by molar-refractivity contribution is 5.51. The van der Waals surface area contributed by atoms with Gasteiger partial charge in [0.1, 0.15) is 0 Å². The number of piperidine rings is 1. The Labute approximate surface area is 116 Å². The minimum absolute atomic E-state index is 0.0813. The molecule has 1 spiro atoms. The molecule has 2 aliphatic rings. The molecule has 0 N–H and O–H groups in total. The van der Waals surface area contributed by atoms with Crippen molar-refractivity contribution in [2.45, 2.75) is 18.6 Å². The standard InChI is InChI=1S/C14H17F2NO3/c1-18-11-3-2-10(12(15)13(11)16)17-6-4-14(5-7-17)19-8-9-20-14/h2-3H,4-9H2,1H3. The van der Waals surface area contributed by atoms with Crippen LogP contribution in [0.2, 0.25) is 0 Å². The highest BCUT2D eigenvalue weighted by Crippen LogP contribution is 2.35. The van der Waals surface area contributed by atoms with Crippen molar-refractivity contribution in [1.82, 2.24) is 0 Å². The van der Waals surface area contributed by atoms with Gasteiger partial charge in [-0.05, 0) is 12.1 Å². The van der Waals surface area contributed by atoms with Crippen LogP contribution in [0.4, 0.5) is 14.5 Å². The molecule has 0 unspecified atom stereocenters. The summed E-state index contributed by atoms with van der Waals surface area (Å²) in [5.74, 6) is -2.41. The van der Waals surface area contributed by atoms with E-state index >= 15 is 0 Å². The zero-order valence-electron chi connectivity index (χ0n) is 11.3. The normalized spacial score (nSPS) is 21.4. The Morgan fingerprint density at radius 1 is 1.10 bits per heavy atom. The molecule has 2 fully saturated rings. The largest absolute Gasteiger partial charge is 0.494 e. The molecule has 6 heteroatoms. The molecule has 1 aromatic carbocycles.